The lowest BCUT2D eigenvalue weighted by Gasteiger charge is -2.17. The van der Waals surface area contributed by atoms with Gasteiger partial charge < -0.3 is 20.4 Å². The molecule has 12 heteroatoms. The van der Waals surface area contributed by atoms with Crippen LogP contribution in [0.1, 0.15) is 11.1 Å². The molecular weight excluding hydrogens is 496 g/mol. The Bertz CT molecular complexity index is 1400. The number of urea groups is 1. The van der Waals surface area contributed by atoms with Crippen LogP contribution in [0.4, 0.5) is 25.0 Å². The molecule has 2 aromatic carbocycles. The number of rotatable bonds is 7. The molecule has 0 radical (unpaired) electrons. The fraction of sp³-hybridized carbons (Fsp3) is 0.208. The van der Waals surface area contributed by atoms with Gasteiger partial charge in [-0.15, -0.1) is 0 Å². The zero-order valence-corrected chi connectivity index (χ0v) is 19.9. The van der Waals surface area contributed by atoms with Crippen molar-refractivity contribution < 1.29 is 23.1 Å². The number of nitrogens with one attached hydrogen (secondary N) is 1. The van der Waals surface area contributed by atoms with Crippen molar-refractivity contribution >= 4 is 34.9 Å². The van der Waals surface area contributed by atoms with E-state index in [-0.39, 0.29) is 48.6 Å². The molecule has 0 fully saturated rings. The molecule has 0 spiro atoms. The third-order valence-corrected chi connectivity index (χ3v) is 5.97. The number of hydrogen-bond donors (Lipinski definition) is 2. The molecule has 0 aliphatic carbocycles. The molecule has 0 saturated heterocycles. The predicted molar refractivity (Wildman–Crippen MR) is 130 cm³/mol. The number of likely N-dealkylation sites (N-methyl/N-ethyl adjacent to an activating group) is 1. The van der Waals surface area contributed by atoms with Crippen molar-refractivity contribution in [2.45, 2.75) is 13.2 Å². The number of carbonyl (C=O) groups is 2. The van der Waals surface area contributed by atoms with Crippen molar-refractivity contribution in [2.75, 3.05) is 30.1 Å². The van der Waals surface area contributed by atoms with Crippen LogP contribution in [-0.2, 0) is 17.9 Å². The normalized spacial score (nSPS) is 12.6. The molecule has 1 aliphatic rings. The van der Waals surface area contributed by atoms with Crippen molar-refractivity contribution in [3.63, 3.8) is 0 Å². The summed E-state index contributed by atoms with van der Waals surface area (Å²) in [5, 5.41) is 2.58. The highest BCUT2D eigenvalue weighted by molar-refractivity contribution is 6.31. The molecule has 3 N–H and O–H groups in total. The van der Waals surface area contributed by atoms with Crippen LogP contribution in [0, 0.1) is 11.6 Å². The molecule has 1 aromatic heterocycles. The monoisotopic (exact) mass is 517 g/mol. The van der Waals surface area contributed by atoms with Gasteiger partial charge in [0.25, 0.3) is 5.56 Å². The number of nitrogens with two attached hydrogens (primary N) is 1. The Morgan fingerprint density at radius 3 is 2.58 bits per heavy atom. The average Bonchev–Trinajstić information content (AvgIpc) is 3.22. The lowest BCUT2D eigenvalue weighted by Crippen LogP contribution is -2.43. The Balaban J connectivity index is 1.55. The lowest BCUT2D eigenvalue weighted by molar-refractivity contribution is -0.117. The SMILES string of the molecule is CNCC(=O)N1CN(C(N)=O)c2cc(Cn3ccc(OCc4ccc(F)cc4F)c(Cl)c3=O)ccc21. The van der Waals surface area contributed by atoms with E-state index in [1.807, 2.05) is 0 Å². The maximum Gasteiger partial charge on any atom is 0.320 e. The Morgan fingerprint density at radius 1 is 1.11 bits per heavy atom. The zero-order chi connectivity index (χ0) is 26.0. The van der Waals surface area contributed by atoms with Crippen molar-refractivity contribution in [1.29, 1.82) is 0 Å². The van der Waals surface area contributed by atoms with Gasteiger partial charge in [0.05, 0.1) is 24.5 Å². The molecule has 0 unspecified atom stereocenters. The highest BCUT2D eigenvalue weighted by Gasteiger charge is 2.32. The van der Waals surface area contributed by atoms with Crippen molar-refractivity contribution in [2.24, 2.45) is 5.73 Å². The third-order valence-electron chi connectivity index (χ3n) is 5.62. The number of benzene rings is 2. The predicted octanol–water partition coefficient (Wildman–Crippen LogP) is 2.82. The summed E-state index contributed by atoms with van der Waals surface area (Å²) >= 11 is 6.21. The summed E-state index contributed by atoms with van der Waals surface area (Å²) < 4.78 is 33.7. The van der Waals surface area contributed by atoms with Gasteiger partial charge in [0.2, 0.25) is 5.91 Å². The summed E-state index contributed by atoms with van der Waals surface area (Å²) in [5.41, 5.74) is 6.69. The van der Waals surface area contributed by atoms with E-state index < -0.39 is 23.2 Å². The topological polar surface area (TPSA) is 110 Å². The lowest BCUT2D eigenvalue weighted by atomic mass is 10.1. The first-order chi connectivity index (χ1) is 17.2. The zero-order valence-electron chi connectivity index (χ0n) is 19.1. The summed E-state index contributed by atoms with van der Waals surface area (Å²) in [6.45, 7) is -0.0629. The van der Waals surface area contributed by atoms with Crippen LogP contribution >= 0.6 is 11.6 Å². The Labute approximate surface area is 209 Å². The van der Waals surface area contributed by atoms with Crippen molar-refractivity contribution in [1.82, 2.24) is 9.88 Å². The van der Waals surface area contributed by atoms with E-state index in [9.17, 15) is 23.2 Å². The molecule has 36 heavy (non-hydrogen) atoms. The number of ether oxygens (including phenoxy) is 1. The molecule has 3 aromatic rings. The molecule has 3 amide bonds. The number of fused-ring (bicyclic) bond motifs is 1. The molecule has 9 nitrogen and oxygen atoms in total. The second kappa shape index (κ2) is 10.3. The number of nitrogens with zero attached hydrogens (tertiary/aromatic N) is 3. The Kier molecular flexibility index (Phi) is 7.22. The van der Waals surface area contributed by atoms with Gasteiger partial charge in [-0.1, -0.05) is 17.7 Å². The number of hydrogen-bond acceptors (Lipinski definition) is 5. The van der Waals surface area contributed by atoms with Gasteiger partial charge in [0.1, 0.15) is 35.7 Å². The number of aromatic nitrogens is 1. The maximum atomic E-state index is 13.8. The van der Waals surface area contributed by atoms with Crippen LogP contribution in [0.2, 0.25) is 5.02 Å². The number of anilines is 2. The molecule has 0 atom stereocenters. The smallest absolute Gasteiger partial charge is 0.320 e. The van der Waals surface area contributed by atoms with E-state index in [1.165, 1.54) is 32.7 Å². The molecular formula is C24H22ClF2N5O4. The third kappa shape index (κ3) is 5.02. The minimum atomic E-state index is -0.771. The largest absolute Gasteiger partial charge is 0.487 e. The van der Waals surface area contributed by atoms with Gasteiger partial charge in [-0.2, -0.15) is 0 Å². The quantitative estimate of drug-likeness (QED) is 0.501. The molecule has 4 rings (SSSR count). The number of primary amides is 1. The molecule has 0 saturated carbocycles. The summed E-state index contributed by atoms with van der Waals surface area (Å²) in [5.74, 6) is -1.66. The Morgan fingerprint density at radius 2 is 1.89 bits per heavy atom. The first kappa shape index (κ1) is 25.1. The number of halogens is 3. The van der Waals surface area contributed by atoms with Crippen LogP contribution < -0.4 is 31.1 Å². The van der Waals surface area contributed by atoms with Crippen molar-refractivity contribution in [3.8, 4) is 5.75 Å². The van der Waals surface area contributed by atoms with Gasteiger partial charge in [0, 0.05) is 17.8 Å². The summed E-state index contributed by atoms with van der Waals surface area (Å²) in [6, 6.07) is 8.93. The van der Waals surface area contributed by atoms with E-state index in [2.05, 4.69) is 5.32 Å². The van der Waals surface area contributed by atoms with Crippen LogP contribution in [0.25, 0.3) is 0 Å². The number of amides is 3. The summed E-state index contributed by atoms with van der Waals surface area (Å²) in [6.07, 6.45) is 1.46. The van der Waals surface area contributed by atoms with Gasteiger partial charge in [-0.3, -0.25) is 19.4 Å². The van der Waals surface area contributed by atoms with Crippen LogP contribution in [0.5, 0.6) is 5.75 Å². The van der Waals surface area contributed by atoms with Gasteiger partial charge in [-0.25, -0.2) is 13.6 Å². The standard InChI is InChI=1S/C24H22ClF2N5O4/c1-29-10-21(33)31-13-32(24(28)35)19-8-14(2-5-18(19)31)11-30-7-6-20(22(25)23(30)34)36-12-15-3-4-16(26)9-17(15)27/h2-9,29H,10-13H2,1H3,(H2,28,35). The van der Waals surface area contributed by atoms with Gasteiger partial charge in [-0.05, 0) is 42.9 Å². The van der Waals surface area contributed by atoms with Crippen LogP contribution in [-0.4, -0.2) is 36.8 Å². The molecule has 0 bridgehead atoms. The fourth-order valence-corrected chi connectivity index (χ4v) is 4.04. The summed E-state index contributed by atoms with van der Waals surface area (Å²) in [7, 11) is 1.64. The molecule has 1 aliphatic heterocycles. The second-order valence-electron chi connectivity index (χ2n) is 8.03. The average molecular weight is 518 g/mol. The number of carbonyl (C=O) groups excluding carboxylic acids is 2. The van der Waals surface area contributed by atoms with E-state index >= 15 is 0 Å². The first-order valence-electron chi connectivity index (χ1n) is 10.8. The van der Waals surface area contributed by atoms with E-state index in [0.29, 0.717) is 16.9 Å². The fourth-order valence-electron chi connectivity index (χ4n) is 3.81. The highest BCUT2D eigenvalue weighted by atomic mass is 35.5. The van der Waals surface area contributed by atoms with Gasteiger partial charge in [0.15, 0.2) is 0 Å². The van der Waals surface area contributed by atoms with Crippen molar-refractivity contribution in [3.05, 3.63) is 86.8 Å². The van der Waals surface area contributed by atoms with Crippen LogP contribution in [0.3, 0.4) is 0 Å². The van der Waals surface area contributed by atoms with E-state index in [1.54, 1.807) is 25.2 Å². The maximum absolute atomic E-state index is 13.8. The summed E-state index contributed by atoms with van der Waals surface area (Å²) in [4.78, 5) is 39.9. The van der Waals surface area contributed by atoms with Crippen LogP contribution in [0.15, 0.2) is 53.5 Å². The van der Waals surface area contributed by atoms with E-state index in [4.69, 9.17) is 22.1 Å². The molecule has 188 valence electrons. The Hall–Kier alpha value is -3.96. The number of pyridine rings is 1. The van der Waals surface area contributed by atoms with Gasteiger partial charge >= 0.3 is 6.03 Å². The van der Waals surface area contributed by atoms with E-state index in [0.717, 1.165) is 12.1 Å². The minimum Gasteiger partial charge on any atom is -0.487 e. The highest BCUT2D eigenvalue weighted by Crippen LogP contribution is 2.37. The first-order valence-corrected chi connectivity index (χ1v) is 11.2. The minimum absolute atomic E-state index is 0.0128. The second-order valence-corrected chi connectivity index (χ2v) is 8.41. The molecule has 2 heterocycles.